The van der Waals surface area contributed by atoms with Gasteiger partial charge in [-0.05, 0) is 68.0 Å². The van der Waals surface area contributed by atoms with Crippen molar-refractivity contribution in [1.29, 1.82) is 0 Å². The molecule has 3 aromatic rings. The van der Waals surface area contributed by atoms with E-state index in [1.807, 2.05) is 97.4 Å². The smallest absolute Gasteiger partial charge is 0.294 e. The molecular formula is C34H30N2O4S3. The molecule has 0 atom stereocenters. The average molecular weight is 627 g/mol. The first-order chi connectivity index (χ1) is 20.8. The maximum atomic E-state index is 12.5. The Labute approximate surface area is 260 Å². The van der Waals surface area contributed by atoms with Crippen LogP contribution in [0.1, 0.15) is 12.5 Å². The molecular weight excluding hydrogens is 597 g/mol. The summed E-state index contributed by atoms with van der Waals surface area (Å²) in [6, 6.07) is 27.2. The van der Waals surface area contributed by atoms with E-state index in [2.05, 4.69) is 11.9 Å². The molecule has 5 rings (SSSR count). The lowest BCUT2D eigenvalue weighted by Gasteiger charge is -2.19. The van der Waals surface area contributed by atoms with E-state index in [0.29, 0.717) is 38.8 Å². The van der Waals surface area contributed by atoms with Crippen LogP contribution in [0.4, 0.5) is 17.1 Å². The number of hydrogen-bond acceptors (Lipinski definition) is 7. The molecule has 2 aliphatic rings. The third-order valence-corrected chi connectivity index (χ3v) is 9.38. The number of fused-ring (bicyclic) bond motifs is 2. The van der Waals surface area contributed by atoms with Gasteiger partial charge in [0.2, 0.25) is 0 Å². The van der Waals surface area contributed by atoms with Crippen LogP contribution in [0.5, 0.6) is 0 Å². The van der Waals surface area contributed by atoms with E-state index in [0.717, 1.165) is 26.9 Å². The highest BCUT2D eigenvalue weighted by molar-refractivity contribution is 7.99. The Morgan fingerprint density at radius 1 is 0.953 bits per heavy atom. The molecule has 0 aromatic heterocycles. The van der Waals surface area contributed by atoms with E-state index < -0.39 is 10.1 Å². The van der Waals surface area contributed by atoms with Gasteiger partial charge in [-0.3, -0.25) is 4.55 Å². The quantitative estimate of drug-likeness (QED) is 0.0729. The standard InChI is InChI=1S/C34H30N2O4S3/c1-5-11-26(33(6-2)43(37,38)39)34-24-18-16-22(35-27-12-7-9-14-31(27)41-3)20-29(24)40-30-21-23(17-19-25(30)34)36-28-13-8-10-15-32(28)42-4/h5-21,35H,1H2,2-4H3,(H,37,38,39)/b26-11+,33-6+,36-23+. The first-order valence-electron chi connectivity index (χ1n) is 13.3. The zero-order valence-electron chi connectivity index (χ0n) is 23.9. The van der Waals surface area contributed by atoms with E-state index in [9.17, 15) is 13.0 Å². The number of nitrogens with one attached hydrogen (secondary N) is 1. The summed E-state index contributed by atoms with van der Waals surface area (Å²) in [7, 11) is -4.56. The van der Waals surface area contributed by atoms with Crippen LogP contribution in [0.3, 0.4) is 0 Å². The summed E-state index contributed by atoms with van der Waals surface area (Å²) < 4.78 is 41.7. The molecule has 0 unspecified atom stereocenters. The van der Waals surface area contributed by atoms with Gasteiger partial charge in [0.05, 0.1) is 21.6 Å². The summed E-state index contributed by atoms with van der Waals surface area (Å²) in [5.41, 5.74) is 4.67. The number of allylic oxidation sites excluding steroid dienone is 4. The van der Waals surface area contributed by atoms with Crippen molar-refractivity contribution in [1.82, 2.24) is 0 Å². The molecule has 0 spiro atoms. The van der Waals surface area contributed by atoms with Crippen LogP contribution in [-0.2, 0) is 10.1 Å². The normalized spacial score (nSPS) is 13.1. The molecule has 218 valence electrons. The lowest BCUT2D eigenvalue weighted by molar-refractivity contribution is 0.492. The summed E-state index contributed by atoms with van der Waals surface area (Å²) >= 11 is 3.26. The van der Waals surface area contributed by atoms with Gasteiger partial charge in [-0.15, -0.1) is 23.5 Å². The number of thioether (sulfide) groups is 2. The molecule has 3 aromatic carbocycles. The zero-order valence-corrected chi connectivity index (χ0v) is 26.3. The molecule has 0 radical (unpaired) electrons. The van der Waals surface area contributed by atoms with Crippen molar-refractivity contribution in [2.24, 2.45) is 4.99 Å². The lowest BCUT2D eigenvalue weighted by atomic mass is 9.92. The number of rotatable bonds is 9. The Balaban J connectivity index is 1.80. The van der Waals surface area contributed by atoms with E-state index in [1.54, 1.807) is 36.5 Å². The largest absolute Gasteiger partial charge is 0.456 e. The predicted octanol–water partition coefficient (Wildman–Crippen LogP) is 9.32. The predicted molar refractivity (Wildman–Crippen MR) is 181 cm³/mol. The van der Waals surface area contributed by atoms with E-state index in [4.69, 9.17) is 9.41 Å². The van der Waals surface area contributed by atoms with Crippen LogP contribution < -0.4 is 10.7 Å². The minimum Gasteiger partial charge on any atom is -0.456 e. The van der Waals surface area contributed by atoms with Crippen molar-refractivity contribution in [2.45, 2.75) is 16.7 Å². The van der Waals surface area contributed by atoms with Crippen LogP contribution in [0.25, 0.3) is 27.9 Å². The fourth-order valence-corrected chi connectivity index (χ4v) is 6.77. The molecule has 0 saturated heterocycles. The first kappa shape index (κ1) is 30.4. The summed E-state index contributed by atoms with van der Waals surface area (Å²) in [5, 5.41) is 4.83. The van der Waals surface area contributed by atoms with Crippen molar-refractivity contribution in [3.05, 3.63) is 126 Å². The maximum absolute atomic E-state index is 12.5. The Kier molecular flexibility index (Phi) is 9.27. The van der Waals surface area contributed by atoms with Crippen LogP contribution in [0.2, 0.25) is 0 Å². The van der Waals surface area contributed by atoms with E-state index >= 15 is 0 Å². The molecule has 2 N–H and O–H groups in total. The number of nitrogens with zero attached hydrogens (tertiary/aromatic N) is 1. The van der Waals surface area contributed by atoms with Crippen molar-refractivity contribution in [2.75, 3.05) is 17.8 Å². The number of hydrogen-bond donors (Lipinski definition) is 2. The average Bonchev–Trinajstić information content (AvgIpc) is 2.99. The third kappa shape index (κ3) is 6.50. The minimum atomic E-state index is -4.56. The molecule has 6 nitrogen and oxygen atoms in total. The van der Waals surface area contributed by atoms with Crippen LogP contribution in [-0.4, -0.2) is 25.5 Å². The first-order valence-corrected chi connectivity index (χ1v) is 17.2. The summed E-state index contributed by atoms with van der Waals surface area (Å²) in [4.78, 5) is 6.78. The second-order valence-electron chi connectivity index (χ2n) is 9.42. The van der Waals surface area contributed by atoms with Gasteiger partial charge in [0.1, 0.15) is 11.3 Å². The summed E-state index contributed by atoms with van der Waals surface area (Å²) in [6.45, 7) is 5.38. The highest BCUT2D eigenvalue weighted by atomic mass is 32.2. The van der Waals surface area contributed by atoms with Crippen LogP contribution in [0.15, 0.2) is 134 Å². The van der Waals surface area contributed by atoms with Gasteiger partial charge in [-0.2, -0.15) is 8.42 Å². The molecule has 43 heavy (non-hydrogen) atoms. The molecule has 1 heterocycles. The zero-order chi connectivity index (χ0) is 30.6. The Morgan fingerprint density at radius 3 is 2.37 bits per heavy atom. The molecule has 0 saturated carbocycles. The minimum absolute atomic E-state index is 0.222. The van der Waals surface area contributed by atoms with Crippen molar-refractivity contribution < 1.29 is 17.4 Å². The molecule has 1 aliphatic carbocycles. The molecule has 0 amide bonds. The highest BCUT2D eigenvalue weighted by Gasteiger charge is 2.26. The summed E-state index contributed by atoms with van der Waals surface area (Å²) in [6.07, 6.45) is 8.50. The summed E-state index contributed by atoms with van der Waals surface area (Å²) in [5.74, 6) is 0.507. The molecule has 1 aliphatic heterocycles. The Hall–Kier alpha value is -4.02. The van der Waals surface area contributed by atoms with Gasteiger partial charge >= 0.3 is 0 Å². The Bertz CT molecular complexity index is 2040. The monoisotopic (exact) mass is 626 g/mol. The van der Waals surface area contributed by atoms with Gasteiger partial charge in [0.25, 0.3) is 10.1 Å². The van der Waals surface area contributed by atoms with Crippen molar-refractivity contribution in [3.63, 3.8) is 0 Å². The second-order valence-corrected chi connectivity index (χ2v) is 12.5. The fraction of sp³-hybridized carbons (Fsp3) is 0.0882. The highest BCUT2D eigenvalue weighted by Crippen LogP contribution is 2.42. The van der Waals surface area contributed by atoms with Gasteiger partial charge in [-0.1, -0.05) is 49.1 Å². The molecule has 9 heteroatoms. The number of benzene rings is 4. The van der Waals surface area contributed by atoms with E-state index in [-0.39, 0.29) is 4.91 Å². The fourth-order valence-electron chi connectivity index (χ4n) is 4.93. The topological polar surface area (TPSA) is 91.9 Å². The van der Waals surface area contributed by atoms with Crippen molar-refractivity contribution >= 4 is 67.2 Å². The number of anilines is 2. The van der Waals surface area contributed by atoms with Gasteiger partial charge in [0, 0.05) is 49.7 Å². The molecule has 0 bridgehead atoms. The Morgan fingerprint density at radius 2 is 1.67 bits per heavy atom. The van der Waals surface area contributed by atoms with Gasteiger partial charge < -0.3 is 9.73 Å². The SMILES string of the molecule is C=C/C=C(\C(=C/C)S(=O)(=O)O)c1c2cc/c(=N\c3ccccc3SC)cc-2oc2cc(Nc3ccccc3SC)ccc12. The molecule has 0 fully saturated rings. The lowest BCUT2D eigenvalue weighted by Crippen LogP contribution is -2.08. The maximum Gasteiger partial charge on any atom is 0.294 e. The number of para-hydroxylation sites is 2. The van der Waals surface area contributed by atoms with Crippen LogP contribution >= 0.6 is 23.5 Å². The third-order valence-electron chi connectivity index (χ3n) is 6.79. The second kappa shape index (κ2) is 13.1. The van der Waals surface area contributed by atoms with Gasteiger partial charge in [-0.25, -0.2) is 4.99 Å². The van der Waals surface area contributed by atoms with Crippen molar-refractivity contribution in [3.8, 4) is 11.3 Å². The van der Waals surface area contributed by atoms with Gasteiger partial charge in [0.15, 0.2) is 0 Å². The van der Waals surface area contributed by atoms with E-state index in [1.165, 1.54) is 12.2 Å². The van der Waals surface area contributed by atoms with Crippen LogP contribution in [0, 0.1) is 0 Å².